The maximum Gasteiger partial charge on any atom is 0.260 e. The third-order valence-electron chi connectivity index (χ3n) is 4.56. The van der Waals surface area contributed by atoms with Crippen molar-refractivity contribution in [1.29, 1.82) is 0 Å². The van der Waals surface area contributed by atoms with E-state index in [-0.39, 0.29) is 18.0 Å². The number of aromatic nitrogens is 2. The standard InChI is InChI=1S/C22H17F2N3OS/c1-13-5-6-14(2)17(8-13)21(28)27(12-15-4-3-7-25-11-15)22-26-20-18(24)9-16(23)10-19(20)29-22/h3-11H,12H2,1-2H3. The van der Waals surface area contributed by atoms with E-state index in [1.54, 1.807) is 18.5 Å². The summed E-state index contributed by atoms with van der Waals surface area (Å²) in [5, 5.41) is 0.305. The molecule has 4 rings (SSSR count). The first-order chi connectivity index (χ1) is 13.9. The van der Waals surface area contributed by atoms with Crippen molar-refractivity contribution in [1.82, 2.24) is 9.97 Å². The maximum absolute atomic E-state index is 14.2. The molecule has 7 heteroatoms. The highest BCUT2D eigenvalue weighted by Crippen LogP contribution is 2.33. The number of carbonyl (C=O) groups is 1. The van der Waals surface area contributed by atoms with Gasteiger partial charge in [-0.3, -0.25) is 14.7 Å². The molecule has 0 saturated heterocycles. The number of aryl methyl sites for hydroxylation is 2. The first kappa shape index (κ1) is 19.1. The Morgan fingerprint density at radius 2 is 1.97 bits per heavy atom. The largest absolute Gasteiger partial charge is 0.279 e. The summed E-state index contributed by atoms with van der Waals surface area (Å²) in [6, 6.07) is 11.3. The van der Waals surface area contributed by atoms with Gasteiger partial charge in [0.25, 0.3) is 5.91 Å². The first-order valence-electron chi connectivity index (χ1n) is 8.96. The van der Waals surface area contributed by atoms with Gasteiger partial charge >= 0.3 is 0 Å². The molecule has 0 bridgehead atoms. The summed E-state index contributed by atoms with van der Waals surface area (Å²) in [5.74, 6) is -1.68. The maximum atomic E-state index is 14.2. The number of nitrogens with zero attached hydrogens (tertiary/aromatic N) is 3. The van der Waals surface area contributed by atoms with Crippen molar-refractivity contribution in [2.24, 2.45) is 0 Å². The molecule has 0 N–H and O–H groups in total. The topological polar surface area (TPSA) is 46.1 Å². The predicted molar refractivity (Wildman–Crippen MR) is 110 cm³/mol. The fraction of sp³-hybridized carbons (Fsp3) is 0.136. The molecule has 0 spiro atoms. The van der Waals surface area contributed by atoms with Crippen molar-refractivity contribution in [2.45, 2.75) is 20.4 Å². The second kappa shape index (κ2) is 7.67. The molecule has 2 aromatic carbocycles. The van der Waals surface area contributed by atoms with Gasteiger partial charge in [-0.15, -0.1) is 0 Å². The van der Waals surface area contributed by atoms with Crippen molar-refractivity contribution in [3.05, 3.63) is 88.7 Å². The third-order valence-corrected chi connectivity index (χ3v) is 5.59. The van der Waals surface area contributed by atoms with E-state index in [1.807, 2.05) is 38.1 Å². The second-order valence-electron chi connectivity index (χ2n) is 6.80. The average molecular weight is 409 g/mol. The number of anilines is 1. The van der Waals surface area contributed by atoms with Crippen molar-refractivity contribution >= 4 is 32.6 Å². The van der Waals surface area contributed by atoms with Gasteiger partial charge in [0.05, 0.1) is 11.2 Å². The quantitative estimate of drug-likeness (QED) is 0.451. The molecule has 0 aliphatic carbocycles. The molecule has 2 aromatic heterocycles. The van der Waals surface area contributed by atoms with Crippen LogP contribution in [-0.4, -0.2) is 15.9 Å². The molecular formula is C22H17F2N3OS. The van der Waals surface area contributed by atoms with Gasteiger partial charge in [-0.05, 0) is 43.2 Å². The molecule has 2 heterocycles. The fourth-order valence-electron chi connectivity index (χ4n) is 3.07. The molecule has 146 valence electrons. The van der Waals surface area contributed by atoms with Gasteiger partial charge in [-0.2, -0.15) is 0 Å². The van der Waals surface area contributed by atoms with E-state index >= 15 is 0 Å². The summed E-state index contributed by atoms with van der Waals surface area (Å²) in [5.41, 5.74) is 3.18. The zero-order chi connectivity index (χ0) is 20.5. The number of benzene rings is 2. The second-order valence-corrected chi connectivity index (χ2v) is 7.81. The van der Waals surface area contributed by atoms with Crippen LogP contribution < -0.4 is 4.90 Å². The summed E-state index contributed by atoms with van der Waals surface area (Å²) < 4.78 is 28.2. The normalized spacial score (nSPS) is 11.0. The first-order valence-corrected chi connectivity index (χ1v) is 9.77. The van der Waals surface area contributed by atoms with Crippen LogP contribution in [0.25, 0.3) is 10.2 Å². The Kier molecular flexibility index (Phi) is 5.07. The summed E-state index contributed by atoms with van der Waals surface area (Å²) in [7, 11) is 0. The van der Waals surface area contributed by atoms with Gasteiger partial charge in [0.2, 0.25) is 0 Å². The lowest BCUT2D eigenvalue weighted by Crippen LogP contribution is -2.31. The number of halogens is 2. The van der Waals surface area contributed by atoms with E-state index in [0.717, 1.165) is 34.1 Å². The highest BCUT2D eigenvalue weighted by Gasteiger charge is 2.24. The van der Waals surface area contributed by atoms with E-state index in [1.165, 1.54) is 11.0 Å². The number of amides is 1. The number of thiazole rings is 1. The van der Waals surface area contributed by atoms with E-state index < -0.39 is 11.6 Å². The molecule has 0 atom stereocenters. The lowest BCUT2D eigenvalue weighted by atomic mass is 10.0. The molecule has 4 nitrogen and oxygen atoms in total. The van der Waals surface area contributed by atoms with Gasteiger partial charge in [0.1, 0.15) is 11.3 Å². The van der Waals surface area contributed by atoms with Crippen LogP contribution in [0.2, 0.25) is 0 Å². The average Bonchev–Trinajstić information content (AvgIpc) is 3.12. The van der Waals surface area contributed by atoms with E-state index in [9.17, 15) is 13.6 Å². The number of fused-ring (bicyclic) bond motifs is 1. The molecule has 29 heavy (non-hydrogen) atoms. The lowest BCUT2D eigenvalue weighted by Gasteiger charge is -2.21. The van der Waals surface area contributed by atoms with Crippen LogP contribution in [0, 0.1) is 25.5 Å². The van der Waals surface area contributed by atoms with Crippen molar-refractivity contribution in [3.63, 3.8) is 0 Å². The number of carbonyl (C=O) groups excluding carboxylic acids is 1. The van der Waals surface area contributed by atoms with Gasteiger partial charge in [0, 0.05) is 24.0 Å². The van der Waals surface area contributed by atoms with E-state index in [0.29, 0.717) is 15.4 Å². The summed E-state index contributed by atoms with van der Waals surface area (Å²) in [4.78, 5) is 23.4. The van der Waals surface area contributed by atoms with Gasteiger partial charge in [-0.1, -0.05) is 35.1 Å². The number of pyridine rings is 1. The predicted octanol–water partition coefficient (Wildman–Crippen LogP) is 5.43. The summed E-state index contributed by atoms with van der Waals surface area (Å²) >= 11 is 1.08. The van der Waals surface area contributed by atoms with Crippen LogP contribution in [0.5, 0.6) is 0 Å². The van der Waals surface area contributed by atoms with Crippen LogP contribution in [0.3, 0.4) is 0 Å². The summed E-state index contributed by atoms with van der Waals surface area (Å²) in [6.07, 6.45) is 3.31. The fourth-order valence-corrected chi connectivity index (χ4v) is 4.08. The van der Waals surface area contributed by atoms with Gasteiger partial charge in [0.15, 0.2) is 10.9 Å². The highest BCUT2D eigenvalue weighted by atomic mass is 32.1. The monoisotopic (exact) mass is 409 g/mol. The molecule has 0 aliphatic rings. The number of hydrogen-bond acceptors (Lipinski definition) is 4. The minimum absolute atomic E-state index is 0.0522. The van der Waals surface area contributed by atoms with Crippen LogP contribution in [0.4, 0.5) is 13.9 Å². The lowest BCUT2D eigenvalue weighted by molar-refractivity contribution is 0.0984. The molecule has 0 fully saturated rings. The van der Waals surface area contributed by atoms with E-state index in [4.69, 9.17) is 0 Å². The molecule has 0 aliphatic heterocycles. The zero-order valence-corrected chi connectivity index (χ0v) is 16.6. The van der Waals surface area contributed by atoms with Crippen LogP contribution in [0.15, 0.2) is 54.9 Å². The molecule has 1 amide bonds. The number of rotatable bonds is 4. The Morgan fingerprint density at radius 1 is 1.14 bits per heavy atom. The Labute approximate surface area is 170 Å². The molecule has 4 aromatic rings. The zero-order valence-electron chi connectivity index (χ0n) is 15.8. The Hall–Kier alpha value is -3.19. The molecule has 0 radical (unpaired) electrons. The molecular weight excluding hydrogens is 392 g/mol. The van der Waals surface area contributed by atoms with Crippen molar-refractivity contribution < 1.29 is 13.6 Å². The molecule has 0 saturated carbocycles. The highest BCUT2D eigenvalue weighted by molar-refractivity contribution is 7.22. The number of hydrogen-bond donors (Lipinski definition) is 0. The van der Waals surface area contributed by atoms with Gasteiger partial charge < -0.3 is 0 Å². The third kappa shape index (κ3) is 3.86. The van der Waals surface area contributed by atoms with E-state index in [2.05, 4.69) is 9.97 Å². The van der Waals surface area contributed by atoms with Crippen molar-refractivity contribution in [2.75, 3.05) is 4.90 Å². The SMILES string of the molecule is Cc1ccc(C)c(C(=O)N(Cc2cccnc2)c2nc3c(F)cc(F)cc3s2)c1. The summed E-state index contributed by atoms with van der Waals surface area (Å²) in [6.45, 7) is 3.99. The smallest absolute Gasteiger partial charge is 0.260 e. The Morgan fingerprint density at radius 3 is 2.72 bits per heavy atom. The van der Waals surface area contributed by atoms with Gasteiger partial charge in [-0.25, -0.2) is 13.8 Å². The minimum atomic E-state index is -0.747. The Bertz CT molecular complexity index is 1210. The van der Waals surface area contributed by atoms with Crippen LogP contribution >= 0.6 is 11.3 Å². The van der Waals surface area contributed by atoms with Crippen molar-refractivity contribution in [3.8, 4) is 0 Å². The molecule has 0 unspecified atom stereocenters. The van der Waals surface area contributed by atoms with Crippen LogP contribution in [-0.2, 0) is 6.54 Å². The Balaban J connectivity index is 1.83. The minimum Gasteiger partial charge on any atom is -0.279 e. The van der Waals surface area contributed by atoms with Crippen LogP contribution in [0.1, 0.15) is 27.0 Å².